The van der Waals surface area contributed by atoms with Crippen LogP contribution in [0, 0.1) is 19.8 Å². The van der Waals surface area contributed by atoms with E-state index in [2.05, 4.69) is 19.6 Å². The number of carbonyl (C=O) groups is 1. The van der Waals surface area contributed by atoms with Crippen molar-refractivity contribution in [2.75, 3.05) is 11.4 Å². The lowest BCUT2D eigenvalue weighted by atomic mass is 10.3. The SMILES string of the molecule is Cc1cnc(C)n2nc(/C=C/c3nc(N4CCCC4=O)cn3CC3CC3)nc12. The van der Waals surface area contributed by atoms with Gasteiger partial charge in [-0.2, -0.15) is 4.52 Å². The number of hydrogen-bond acceptors (Lipinski definition) is 5. The Bertz CT molecular complexity index is 1050. The number of imidazole rings is 1. The molecule has 1 amide bonds. The van der Waals surface area contributed by atoms with Gasteiger partial charge in [0.15, 0.2) is 17.3 Å². The van der Waals surface area contributed by atoms with E-state index in [9.17, 15) is 4.79 Å². The Morgan fingerprint density at radius 2 is 2.07 bits per heavy atom. The van der Waals surface area contributed by atoms with Crippen LogP contribution in [0.1, 0.15) is 48.7 Å². The number of rotatable bonds is 5. The molecule has 2 aliphatic rings. The lowest BCUT2D eigenvalue weighted by molar-refractivity contribution is -0.117. The molecule has 3 aromatic rings. The molecule has 0 N–H and O–H groups in total. The average Bonchev–Trinajstić information content (AvgIpc) is 3.06. The zero-order valence-electron chi connectivity index (χ0n) is 16.2. The first-order valence-corrected chi connectivity index (χ1v) is 9.83. The smallest absolute Gasteiger partial charge is 0.228 e. The van der Waals surface area contributed by atoms with Crippen molar-refractivity contribution < 1.29 is 4.79 Å². The molecule has 4 heterocycles. The summed E-state index contributed by atoms with van der Waals surface area (Å²) in [6, 6.07) is 0. The van der Waals surface area contributed by atoms with Gasteiger partial charge < -0.3 is 4.57 Å². The molecule has 0 aromatic carbocycles. The number of fused-ring (bicyclic) bond motifs is 1. The standard InChI is InChI=1S/C20H23N7O/c1-13-10-21-14(2)27-20(13)22-16(24-27)7-8-17-23-18(26-9-3-4-19(26)28)12-25(17)11-15-5-6-15/h7-8,10,12,15H,3-6,9,11H2,1-2H3/b8-7+. The molecule has 3 aromatic heterocycles. The van der Waals surface area contributed by atoms with Crippen molar-refractivity contribution in [2.45, 2.75) is 46.1 Å². The zero-order valence-corrected chi connectivity index (χ0v) is 16.2. The number of anilines is 1. The quantitative estimate of drug-likeness (QED) is 0.683. The van der Waals surface area contributed by atoms with Crippen molar-refractivity contribution in [3.63, 3.8) is 0 Å². The second-order valence-electron chi connectivity index (χ2n) is 7.73. The lowest BCUT2D eigenvalue weighted by Gasteiger charge is -2.10. The molecule has 8 heteroatoms. The summed E-state index contributed by atoms with van der Waals surface area (Å²) in [5.41, 5.74) is 1.81. The Balaban J connectivity index is 1.48. The van der Waals surface area contributed by atoms with Gasteiger partial charge in [0.1, 0.15) is 11.6 Å². The van der Waals surface area contributed by atoms with E-state index >= 15 is 0 Å². The molecule has 2 fully saturated rings. The van der Waals surface area contributed by atoms with E-state index in [0.29, 0.717) is 18.2 Å². The van der Waals surface area contributed by atoms with Crippen molar-refractivity contribution in [1.82, 2.24) is 29.1 Å². The molecule has 1 aliphatic carbocycles. The van der Waals surface area contributed by atoms with Crippen molar-refractivity contribution in [3.05, 3.63) is 35.4 Å². The minimum Gasteiger partial charge on any atom is -0.329 e. The second-order valence-corrected chi connectivity index (χ2v) is 7.73. The molecule has 0 radical (unpaired) electrons. The molecule has 28 heavy (non-hydrogen) atoms. The summed E-state index contributed by atoms with van der Waals surface area (Å²) >= 11 is 0. The third-order valence-electron chi connectivity index (χ3n) is 5.41. The Kier molecular flexibility index (Phi) is 3.99. The Morgan fingerprint density at radius 3 is 2.79 bits per heavy atom. The number of carbonyl (C=O) groups excluding carboxylic acids is 1. The number of nitrogens with zero attached hydrogens (tertiary/aromatic N) is 7. The summed E-state index contributed by atoms with van der Waals surface area (Å²) in [6.45, 7) is 5.58. The number of amides is 1. The third kappa shape index (κ3) is 3.08. The molecule has 0 spiro atoms. The normalized spacial score (nSPS) is 17.5. The van der Waals surface area contributed by atoms with Crippen LogP contribution in [0.2, 0.25) is 0 Å². The van der Waals surface area contributed by atoms with E-state index in [1.165, 1.54) is 12.8 Å². The predicted octanol–water partition coefficient (Wildman–Crippen LogP) is 2.64. The van der Waals surface area contributed by atoms with Gasteiger partial charge in [0.05, 0.1) is 0 Å². The van der Waals surface area contributed by atoms with Gasteiger partial charge in [-0.25, -0.2) is 15.0 Å². The summed E-state index contributed by atoms with van der Waals surface area (Å²) in [7, 11) is 0. The van der Waals surface area contributed by atoms with Gasteiger partial charge in [0, 0.05) is 37.5 Å². The first kappa shape index (κ1) is 17.1. The summed E-state index contributed by atoms with van der Waals surface area (Å²) in [5, 5.41) is 4.54. The predicted molar refractivity (Wildman–Crippen MR) is 106 cm³/mol. The average molecular weight is 377 g/mol. The molecule has 8 nitrogen and oxygen atoms in total. The van der Waals surface area contributed by atoms with Crippen molar-refractivity contribution >= 4 is 29.5 Å². The van der Waals surface area contributed by atoms with E-state index in [1.807, 2.05) is 38.4 Å². The number of aryl methyl sites for hydroxylation is 2. The summed E-state index contributed by atoms with van der Waals surface area (Å²) in [4.78, 5) is 27.6. The van der Waals surface area contributed by atoms with Crippen LogP contribution in [0.3, 0.4) is 0 Å². The number of aromatic nitrogens is 6. The van der Waals surface area contributed by atoms with E-state index in [0.717, 1.165) is 48.2 Å². The van der Waals surface area contributed by atoms with Crippen LogP contribution in [-0.2, 0) is 11.3 Å². The van der Waals surface area contributed by atoms with Gasteiger partial charge in [-0.15, -0.1) is 5.10 Å². The van der Waals surface area contributed by atoms with E-state index in [-0.39, 0.29) is 5.91 Å². The van der Waals surface area contributed by atoms with Gasteiger partial charge in [-0.3, -0.25) is 9.69 Å². The van der Waals surface area contributed by atoms with Gasteiger partial charge >= 0.3 is 0 Å². The minimum absolute atomic E-state index is 0.159. The van der Waals surface area contributed by atoms with Crippen molar-refractivity contribution in [2.24, 2.45) is 5.92 Å². The van der Waals surface area contributed by atoms with Crippen LogP contribution in [0.4, 0.5) is 5.82 Å². The Morgan fingerprint density at radius 1 is 1.21 bits per heavy atom. The highest BCUT2D eigenvalue weighted by Gasteiger charge is 2.27. The fourth-order valence-electron chi connectivity index (χ4n) is 3.63. The first-order chi connectivity index (χ1) is 13.6. The van der Waals surface area contributed by atoms with Crippen molar-refractivity contribution in [3.8, 4) is 0 Å². The molecule has 144 valence electrons. The van der Waals surface area contributed by atoms with Crippen LogP contribution in [0.15, 0.2) is 12.4 Å². The highest BCUT2D eigenvalue weighted by molar-refractivity contribution is 5.94. The van der Waals surface area contributed by atoms with Crippen LogP contribution < -0.4 is 4.90 Å². The van der Waals surface area contributed by atoms with Crippen LogP contribution in [-0.4, -0.2) is 41.6 Å². The fourth-order valence-corrected chi connectivity index (χ4v) is 3.63. The molecule has 1 aliphatic heterocycles. The van der Waals surface area contributed by atoms with Gasteiger partial charge in [-0.1, -0.05) is 0 Å². The molecule has 0 bridgehead atoms. The lowest BCUT2D eigenvalue weighted by Crippen LogP contribution is -2.23. The molecular weight excluding hydrogens is 354 g/mol. The van der Waals surface area contributed by atoms with E-state index < -0.39 is 0 Å². The minimum atomic E-state index is 0.159. The van der Waals surface area contributed by atoms with E-state index in [4.69, 9.17) is 4.98 Å². The van der Waals surface area contributed by atoms with E-state index in [1.54, 1.807) is 9.42 Å². The van der Waals surface area contributed by atoms with Crippen molar-refractivity contribution in [1.29, 1.82) is 0 Å². The first-order valence-electron chi connectivity index (χ1n) is 9.83. The summed E-state index contributed by atoms with van der Waals surface area (Å²) in [5.74, 6) is 3.89. The molecule has 1 saturated carbocycles. The fraction of sp³-hybridized carbons (Fsp3) is 0.450. The Hall–Kier alpha value is -3.03. The highest BCUT2D eigenvalue weighted by atomic mass is 16.2. The molecule has 1 saturated heterocycles. The monoisotopic (exact) mass is 377 g/mol. The second kappa shape index (κ2) is 6.54. The van der Waals surface area contributed by atoms with Gasteiger partial charge in [0.25, 0.3) is 0 Å². The van der Waals surface area contributed by atoms with Gasteiger partial charge in [0.2, 0.25) is 5.91 Å². The van der Waals surface area contributed by atoms with Crippen LogP contribution in [0.5, 0.6) is 0 Å². The highest BCUT2D eigenvalue weighted by Crippen LogP contribution is 2.32. The summed E-state index contributed by atoms with van der Waals surface area (Å²) in [6.07, 6.45) is 11.7. The maximum Gasteiger partial charge on any atom is 0.228 e. The largest absolute Gasteiger partial charge is 0.329 e. The third-order valence-corrected chi connectivity index (χ3v) is 5.41. The topological polar surface area (TPSA) is 81.2 Å². The maximum atomic E-state index is 12.1. The summed E-state index contributed by atoms with van der Waals surface area (Å²) < 4.78 is 3.92. The molecule has 0 atom stereocenters. The molecule has 0 unspecified atom stereocenters. The maximum absolute atomic E-state index is 12.1. The molecular formula is C20H23N7O. The Labute approximate surface area is 162 Å². The van der Waals surface area contributed by atoms with Gasteiger partial charge in [-0.05, 0) is 51.2 Å². The zero-order chi connectivity index (χ0) is 19.3. The molecule has 5 rings (SSSR count). The number of hydrogen-bond donors (Lipinski definition) is 0. The van der Waals surface area contributed by atoms with Crippen LogP contribution >= 0.6 is 0 Å². The van der Waals surface area contributed by atoms with Crippen LogP contribution in [0.25, 0.3) is 17.8 Å².